The van der Waals surface area contributed by atoms with Crippen LogP contribution in [0, 0.1) is 11.8 Å². The van der Waals surface area contributed by atoms with Gasteiger partial charge in [-0.25, -0.2) is 0 Å². The van der Waals surface area contributed by atoms with E-state index in [1.807, 2.05) is 0 Å². The maximum atomic E-state index is 11.3. The Kier molecular flexibility index (Phi) is 6.90. The SMILES string of the molecule is O=CCCCCCC(C(=O)O)C1CCCCC1. The maximum absolute atomic E-state index is 11.3. The zero-order valence-corrected chi connectivity index (χ0v) is 10.6. The van der Waals surface area contributed by atoms with Gasteiger partial charge in [0.05, 0.1) is 5.92 Å². The van der Waals surface area contributed by atoms with Crippen molar-refractivity contribution in [3.05, 3.63) is 0 Å². The summed E-state index contributed by atoms with van der Waals surface area (Å²) in [5.74, 6) is -0.369. The first-order chi connectivity index (χ1) is 8.25. The molecule has 0 amide bonds. The normalized spacial score (nSPS) is 18.8. The third-order valence-corrected chi connectivity index (χ3v) is 3.87. The first-order valence-corrected chi connectivity index (χ1v) is 6.92. The highest BCUT2D eigenvalue weighted by molar-refractivity contribution is 5.70. The van der Waals surface area contributed by atoms with Gasteiger partial charge in [-0.15, -0.1) is 0 Å². The minimum absolute atomic E-state index is 0.147. The zero-order chi connectivity index (χ0) is 12.5. The van der Waals surface area contributed by atoms with Crippen LogP contribution in [0.25, 0.3) is 0 Å². The van der Waals surface area contributed by atoms with Gasteiger partial charge >= 0.3 is 5.97 Å². The molecular formula is C14H24O3. The van der Waals surface area contributed by atoms with Crippen LogP contribution >= 0.6 is 0 Å². The number of unbranched alkanes of at least 4 members (excludes halogenated alkanes) is 3. The van der Waals surface area contributed by atoms with Crippen LogP contribution in [0.2, 0.25) is 0 Å². The van der Waals surface area contributed by atoms with Crippen molar-refractivity contribution in [2.75, 3.05) is 0 Å². The van der Waals surface area contributed by atoms with Gasteiger partial charge in [0.15, 0.2) is 0 Å². The van der Waals surface area contributed by atoms with Gasteiger partial charge in [-0.05, 0) is 31.6 Å². The average Bonchev–Trinajstić information content (AvgIpc) is 2.34. The third kappa shape index (κ3) is 5.33. The van der Waals surface area contributed by atoms with Crippen LogP contribution in [-0.2, 0) is 9.59 Å². The molecule has 1 fully saturated rings. The first kappa shape index (κ1) is 14.2. The largest absolute Gasteiger partial charge is 0.481 e. The van der Waals surface area contributed by atoms with Gasteiger partial charge in [-0.1, -0.05) is 32.1 Å². The van der Waals surface area contributed by atoms with Gasteiger partial charge in [-0.2, -0.15) is 0 Å². The lowest BCUT2D eigenvalue weighted by atomic mass is 9.78. The molecule has 0 aromatic carbocycles. The predicted octanol–water partition coefficient (Wildman–Crippen LogP) is 3.42. The molecule has 1 saturated carbocycles. The minimum atomic E-state index is -0.618. The molecule has 1 unspecified atom stereocenters. The van der Waals surface area contributed by atoms with Crippen LogP contribution in [0.4, 0.5) is 0 Å². The van der Waals surface area contributed by atoms with E-state index in [9.17, 15) is 14.7 Å². The lowest BCUT2D eigenvalue weighted by Crippen LogP contribution is -2.25. The number of carbonyl (C=O) groups is 2. The molecule has 0 bridgehead atoms. The number of hydrogen-bond acceptors (Lipinski definition) is 2. The molecule has 1 atom stereocenters. The van der Waals surface area contributed by atoms with Crippen molar-refractivity contribution in [1.29, 1.82) is 0 Å². The van der Waals surface area contributed by atoms with Crippen LogP contribution in [0.5, 0.6) is 0 Å². The predicted molar refractivity (Wildman–Crippen MR) is 66.8 cm³/mol. The van der Waals surface area contributed by atoms with Crippen LogP contribution < -0.4 is 0 Å². The molecule has 17 heavy (non-hydrogen) atoms. The third-order valence-electron chi connectivity index (χ3n) is 3.87. The van der Waals surface area contributed by atoms with E-state index < -0.39 is 5.97 Å². The second-order valence-corrected chi connectivity index (χ2v) is 5.15. The fraction of sp³-hybridized carbons (Fsp3) is 0.857. The lowest BCUT2D eigenvalue weighted by molar-refractivity contribution is -0.144. The summed E-state index contributed by atoms with van der Waals surface area (Å²) in [5.41, 5.74) is 0. The molecule has 1 aliphatic carbocycles. The second kappa shape index (κ2) is 8.26. The number of hydrogen-bond donors (Lipinski definition) is 1. The fourth-order valence-electron chi connectivity index (χ4n) is 2.87. The fourth-order valence-corrected chi connectivity index (χ4v) is 2.87. The summed E-state index contributed by atoms with van der Waals surface area (Å²) in [6.07, 6.45) is 11.0. The second-order valence-electron chi connectivity index (χ2n) is 5.15. The first-order valence-electron chi connectivity index (χ1n) is 6.92. The molecule has 0 saturated heterocycles. The molecule has 1 N–H and O–H groups in total. The summed E-state index contributed by atoms with van der Waals surface area (Å²) >= 11 is 0. The van der Waals surface area contributed by atoms with Crippen LogP contribution in [-0.4, -0.2) is 17.4 Å². The standard InChI is InChI=1S/C14H24O3/c15-11-7-2-1-6-10-13(14(16)17)12-8-4-3-5-9-12/h11-13H,1-10H2,(H,16,17). The van der Waals surface area contributed by atoms with Crippen molar-refractivity contribution in [3.63, 3.8) is 0 Å². The molecule has 0 spiro atoms. The molecule has 3 nitrogen and oxygen atoms in total. The van der Waals surface area contributed by atoms with E-state index in [4.69, 9.17) is 0 Å². The molecule has 1 aliphatic rings. The molecule has 0 aromatic rings. The number of aliphatic carboxylic acids is 1. The molecule has 0 heterocycles. The quantitative estimate of drug-likeness (QED) is 0.522. The molecule has 0 aliphatic heterocycles. The molecule has 3 heteroatoms. The Balaban J connectivity index is 2.27. The Hall–Kier alpha value is -0.860. The van der Waals surface area contributed by atoms with Gasteiger partial charge < -0.3 is 9.90 Å². The van der Waals surface area contributed by atoms with E-state index in [2.05, 4.69) is 0 Å². The van der Waals surface area contributed by atoms with Crippen molar-refractivity contribution < 1.29 is 14.7 Å². The highest BCUT2D eigenvalue weighted by Gasteiger charge is 2.28. The van der Waals surface area contributed by atoms with Crippen molar-refractivity contribution in [1.82, 2.24) is 0 Å². The highest BCUT2D eigenvalue weighted by Crippen LogP contribution is 2.33. The average molecular weight is 240 g/mol. The van der Waals surface area contributed by atoms with Crippen molar-refractivity contribution in [2.45, 2.75) is 64.2 Å². The topological polar surface area (TPSA) is 54.4 Å². The van der Waals surface area contributed by atoms with E-state index in [0.717, 1.165) is 44.8 Å². The molecule has 1 rings (SSSR count). The van der Waals surface area contributed by atoms with Gasteiger partial charge in [0.25, 0.3) is 0 Å². The summed E-state index contributed by atoms with van der Waals surface area (Å²) < 4.78 is 0. The van der Waals surface area contributed by atoms with E-state index in [-0.39, 0.29) is 5.92 Å². The molecule has 0 radical (unpaired) electrons. The molecular weight excluding hydrogens is 216 g/mol. The number of rotatable bonds is 8. The van der Waals surface area contributed by atoms with E-state index in [1.54, 1.807) is 0 Å². The number of carbonyl (C=O) groups excluding carboxylic acids is 1. The summed E-state index contributed by atoms with van der Waals surface area (Å²) in [7, 11) is 0. The Morgan fingerprint density at radius 1 is 1.18 bits per heavy atom. The summed E-state index contributed by atoms with van der Waals surface area (Å²) in [6.45, 7) is 0. The Labute approximate surface area is 104 Å². The smallest absolute Gasteiger partial charge is 0.306 e. The molecule has 98 valence electrons. The summed E-state index contributed by atoms with van der Waals surface area (Å²) in [5, 5.41) is 9.27. The zero-order valence-electron chi connectivity index (χ0n) is 10.6. The van der Waals surface area contributed by atoms with E-state index in [1.165, 1.54) is 19.3 Å². The van der Waals surface area contributed by atoms with Crippen LogP contribution in [0.15, 0.2) is 0 Å². The number of carboxylic acids is 1. The van der Waals surface area contributed by atoms with Crippen molar-refractivity contribution in [3.8, 4) is 0 Å². The number of aldehydes is 1. The van der Waals surface area contributed by atoms with Gasteiger partial charge in [0, 0.05) is 6.42 Å². The monoisotopic (exact) mass is 240 g/mol. The van der Waals surface area contributed by atoms with Gasteiger partial charge in [0.2, 0.25) is 0 Å². The minimum Gasteiger partial charge on any atom is -0.481 e. The number of carboxylic acid groups (broad SMARTS) is 1. The lowest BCUT2D eigenvalue weighted by Gasteiger charge is -2.27. The summed E-state index contributed by atoms with van der Waals surface area (Å²) in [4.78, 5) is 21.4. The van der Waals surface area contributed by atoms with E-state index >= 15 is 0 Å². The Morgan fingerprint density at radius 2 is 1.88 bits per heavy atom. The van der Waals surface area contributed by atoms with Gasteiger partial charge in [0.1, 0.15) is 6.29 Å². The van der Waals surface area contributed by atoms with Crippen LogP contribution in [0.1, 0.15) is 64.2 Å². The summed E-state index contributed by atoms with van der Waals surface area (Å²) in [6, 6.07) is 0. The van der Waals surface area contributed by atoms with Crippen LogP contribution in [0.3, 0.4) is 0 Å². The molecule has 0 aromatic heterocycles. The van der Waals surface area contributed by atoms with Crippen molar-refractivity contribution in [2.24, 2.45) is 11.8 Å². The van der Waals surface area contributed by atoms with Crippen molar-refractivity contribution >= 4 is 12.3 Å². The Morgan fingerprint density at radius 3 is 2.47 bits per heavy atom. The van der Waals surface area contributed by atoms with E-state index in [0.29, 0.717) is 12.3 Å². The maximum Gasteiger partial charge on any atom is 0.306 e. The highest BCUT2D eigenvalue weighted by atomic mass is 16.4. The Bertz CT molecular complexity index is 232. The van der Waals surface area contributed by atoms with Gasteiger partial charge in [-0.3, -0.25) is 4.79 Å².